The Hall–Kier alpha value is -1.16. The zero-order valence-corrected chi connectivity index (χ0v) is 12.8. The highest BCUT2D eigenvalue weighted by Crippen LogP contribution is 2.20. The number of carbonyl (C=O) groups excluding carboxylic acids is 1. The molecule has 0 heterocycles. The second-order valence-electron chi connectivity index (χ2n) is 5.06. The number of carbonyl (C=O) groups is 1. The first-order valence-corrected chi connectivity index (χ1v) is 7.81. The van der Waals surface area contributed by atoms with E-state index in [-0.39, 0.29) is 5.91 Å². The molecule has 1 unspecified atom stereocenters. The Morgan fingerprint density at radius 2 is 2.00 bits per heavy atom. The van der Waals surface area contributed by atoms with Crippen molar-refractivity contribution >= 4 is 29.0 Å². The Bertz CT molecular complexity index is 407. The quantitative estimate of drug-likeness (QED) is 0.590. The standard InChI is InChI=1S/C15H24N2OS/c1-11(2)12(3)19-10-6-9-15(18)17-14-8-5-4-7-13(14)16/h4-5,7-8,11-12H,6,9-10,16H2,1-3H3,(H,17,18). The van der Waals surface area contributed by atoms with E-state index in [0.29, 0.717) is 29.0 Å². The van der Waals surface area contributed by atoms with Crippen molar-refractivity contribution in [3.8, 4) is 0 Å². The van der Waals surface area contributed by atoms with Gasteiger partial charge < -0.3 is 11.1 Å². The summed E-state index contributed by atoms with van der Waals surface area (Å²) >= 11 is 1.93. The van der Waals surface area contributed by atoms with Crippen molar-refractivity contribution in [2.75, 3.05) is 16.8 Å². The molecule has 0 aliphatic heterocycles. The Labute approximate surface area is 120 Å². The van der Waals surface area contributed by atoms with Crippen molar-refractivity contribution in [1.29, 1.82) is 0 Å². The van der Waals surface area contributed by atoms with Gasteiger partial charge in [-0.1, -0.05) is 32.9 Å². The molecular weight excluding hydrogens is 256 g/mol. The number of thioether (sulfide) groups is 1. The third-order valence-electron chi connectivity index (χ3n) is 3.10. The van der Waals surface area contributed by atoms with Gasteiger partial charge in [-0.25, -0.2) is 0 Å². The van der Waals surface area contributed by atoms with Crippen molar-refractivity contribution in [3.05, 3.63) is 24.3 Å². The Balaban J connectivity index is 2.24. The molecule has 1 amide bonds. The number of hydrogen-bond acceptors (Lipinski definition) is 3. The summed E-state index contributed by atoms with van der Waals surface area (Å²) in [6.45, 7) is 6.69. The molecule has 0 bridgehead atoms. The summed E-state index contributed by atoms with van der Waals surface area (Å²) in [5, 5.41) is 3.49. The fourth-order valence-electron chi connectivity index (χ4n) is 1.52. The molecule has 3 N–H and O–H groups in total. The lowest BCUT2D eigenvalue weighted by Gasteiger charge is -2.14. The van der Waals surface area contributed by atoms with Gasteiger partial charge in [0.25, 0.3) is 0 Å². The number of nitrogen functional groups attached to an aromatic ring is 1. The number of nitrogens with two attached hydrogens (primary N) is 1. The van der Waals surface area contributed by atoms with Crippen LogP contribution in [0.4, 0.5) is 11.4 Å². The summed E-state index contributed by atoms with van der Waals surface area (Å²) in [6, 6.07) is 7.33. The average Bonchev–Trinajstić information content (AvgIpc) is 2.37. The van der Waals surface area contributed by atoms with E-state index in [0.717, 1.165) is 12.2 Å². The van der Waals surface area contributed by atoms with Crippen LogP contribution in [0.3, 0.4) is 0 Å². The number of anilines is 2. The molecule has 0 aromatic heterocycles. The van der Waals surface area contributed by atoms with Crippen LogP contribution in [0.1, 0.15) is 33.6 Å². The van der Waals surface area contributed by atoms with Crippen molar-refractivity contribution in [3.63, 3.8) is 0 Å². The number of nitrogens with one attached hydrogen (secondary N) is 1. The minimum atomic E-state index is 0.0377. The van der Waals surface area contributed by atoms with Crippen LogP contribution in [0.25, 0.3) is 0 Å². The highest BCUT2D eigenvalue weighted by molar-refractivity contribution is 7.99. The smallest absolute Gasteiger partial charge is 0.224 e. The van der Waals surface area contributed by atoms with Gasteiger partial charge in [-0.3, -0.25) is 4.79 Å². The van der Waals surface area contributed by atoms with Crippen LogP contribution in [0, 0.1) is 5.92 Å². The van der Waals surface area contributed by atoms with Crippen molar-refractivity contribution in [1.82, 2.24) is 0 Å². The lowest BCUT2D eigenvalue weighted by molar-refractivity contribution is -0.116. The third-order valence-corrected chi connectivity index (χ3v) is 4.70. The molecule has 1 aromatic rings. The van der Waals surface area contributed by atoms with Crippen molar-refractivity contribution in [2.45, 2.75) is 38.9 Å². The SMILES string of the molecule is CC(C)C(C)SCCCC(=O)Nc1ccccc1N. The molecule has 0 saturated carbocycles. The predicted octanol–water partition coefficient (Wildman–Crippen LogP) is 3.77. The zero-order valence-electron chi connectivity index (χ0n) is 12.0. The van der Waals surface area contributed by atoms with Crippen LogP contribution in [0.2, 0.25) is 0 Å². The van der Waals surface area contributed by atoms with Crippen LogP contribution < -0.4 is 11.1 Å². The average molecular weight is 280 g/mol. The van der Waals surface area contributed by atoms with E-state index < -0.39 is 0 Å². The molecule has 106 valence electrons. The van der Waals surface area contributed by atoms with E-state index in [9.17, 15) is 4.79 Å². The highest BCUT2D eigenvalue weighted by Gasteiger charge is 2.08. The number of rotatable bonds is 7. The van der Waals surface area contributed by atoms with Crippen LogP contribution in [-0.2, 0) is 4.79 Å². The fraction of sp³-hybridized carbons (Fsp3) is 0.533. The Kier molecular flexibility index (Phi) is 6.78. The molecule has 0 spiro atoms. The molecular formula is C15H24N2OS. The maximum absolute atomic E-state index is 11.8. The van der Waals surface area contributed by atoms with Crippen LogP contribution in [-0.4, -0.2) is 16.9 Å². The second-order valence-corrected chi connectivity index (χ2v) is 6.54. The first kappa shape index (κ1) is 15.9. The maximum Gasteiger partial charge on any atom is 0.224 e. The Morgan fingerprint density at radius 1 is 1.32 bits per heavy atom. The van der Waals surface area contributed by atoms with E-state index in [4.69, 9.17) is 5.73 Å². The topological polar surface area (TPSA) is 55.1 Å². The summed E-state index contributed by atoms with van der Waals surface area (Å²) in [5.41, 5.74) is 7.09. The summed E-state index contributed by atoms with van der Waals surface area (Å²) < 4.78 is 0. The normalized spacial score (nSPS) is 12.4. The summed E-state index contributed by atoms with van der Waals surface area (Å²) in [7, 11) is 0. The summed E-state index contributed by atoms with van der Waals surface area (Å²) in [6.07, 6.45) is 1.45. The van der Waals surface area contributed by atoms with E-state index >= 15 is 0 Å². The van der Waals surface area contributed by atoms with Gasteiger partial charge in [-0.15, -0.1) is 0 Å². The minimum Gasteiger partial charge on any atom is -0.397 e. The third kappa shape index (κ3) is 6.01. The predicted molar refractivity (Wildman–Crippen MR) is 85.5 cm³/mol. The molecule has 1 aromatic carbocycles. The molecule has 4 heteroatoms. The first-order valence-electron chi connectivity index (χ1n) is 6.76. The fourth-order valence-corrected chi connectivity index (χ4v) is 2.59. The van der Waals surface area contributed by atoms with E-state index in [1.54, 1.807) is 6.07 Å². The second kappa shape index (κ2) is 8.10. The molecule has 1 rings (SSSR count). The summed E-state index contributed by atoms with van der Waals surface area (Å²) in [5.74, 6) is 1.75. The maximum atomic E-state index is 11.8. The largest absolute Gasteiger partial charge is 0.397 e. The van der Waals surface area contributed by atoms with Crippen molar-refractivity contribution < 1.29 is 4.79 Å². The minimum absolute atomic E-state index is 0.0377. The molecule has 0 aliphatic carbocycles. The Morgan fingerprint density at radius 3 is 2.63 bits per heavy atom. The van der Waals surface area contributed by atoms with Gasteiger partial charge in [-0.05, 0) is 30.2 Å². The van der Waals surface area contributed by atoms with E-state index in [1.165, 1.54) is 0 Å². The van der Waals surface area contributed by atoms with Gasteiger partial charge in [0.15, 0.2) is 0 Å². The number of para-hydroxylation sites is 2. The van der Waals surface area contributed by atoms with Crippen LogP contribution in [0.15, 0.2) is 24.3 Å². The van der Waals surface area contributed by atoms with E-state index in [2.05, 4.69) is 26.1 Å². The molecule has 0 radical (unpaired) electrons. The molecule has 0 saturated heterocycles. The summed E-state index contributed by atoms with van der Waals surface area (Å²) in [4.78, 5) is 11.8. The van der Waals surface area contributed by atoms with E-state index in [1.807, 2.05) is 30.0 Å². The van der Waals surface area contributed by atoms with Gasteiger partial charge in [-0.2, -0.15) is 11.8 Å². The monoisotopic (exact) mass is 280 g/mol. The van der Waals surface area contributed by atoms with Crippen molar-refractivity contribution in [2.24, 2.45) is 5.92 Å². The molecule has 3 nitrogen and oxygen atoms in total. The first-order chi connectivity index (χ1) is 9.00. The van der Waals surface area contributed by atoms with Gasteiger partial charge in [0.1, 0.15) is 0 Å². The van der Waals surface area contributed by atoms with Gasteiger partial charge in [0.2, 0.25) is 5.91 Å². The number of amides is 1. The van der Waals surface area contributed by atoms with Gasteiger partial charge in [0.05, 0.1) is 11.4 Å². The van der Waals surface area contributed by atoms with Crippen LogP contribution >= 0.6 is 11.8 Å². The lowest BCUT2D eigenvalue weighted by Crippen LogP contribution is -2.13. The molecule has 0 fully saturated rings. The lowest BCUT2D eigenvalue weighted by atomic mass is 10.2. The highest BCUT2D eigenvalue weighted by atomic mass is 32.2. The zero-order chi connectivity index (χ0) is 14.3. The number of hydrogen-bond donors (Lipinski definition) is 2. The van der Waals surface area contributed by atoms with Gasteiger partial charge >= 0.3 is 0 Å². The van der Waals surface area contributed by atoms with Crippen LogP contribution in [0.5, 0.6) is 0 Å². The molecule has 19 heavy (non-hydrogen) atoms. The molecule has 0 aliphatic rings. The number of benzene rings is 1. The van der Waals surface area contributed by atoms with Gasteiger partial charge in [0, 0.05) is 11.7 Å². The molecule has 1 atom stereocenters.